The Hall–Kier alpha value is -0.133. The molecular formula is C11H20BrNO2Si. The van der Waals surface area contributed by atoms with Crippen molar-refractivity contribution >= 4 is 24.2 Å². The van der Waals surface area contributed by atoms with E-state index in [1.165, 1.54) is 0 Å². The van der Waals surface area contributed by atoms with Crippen molar-refractivity contribution in [3.05, 3.63) is 17.5 Å². The zero-order valence-electron chi connectivity index (χ0n) is 10.6. The van der Waals surface area contributed by atoms with Gasteiger partial charge < -0.3 is 8.95 Å². The maximum Gasteiger partial charge on any atom is 0.192 e. The van der Waals surface area contributed by atoms with E-state index in [-0.39, 0.29) is 5.04 Å². The number of rotatable bonds is 4. The smallest absolute Gasteiger partial charge is 0.192 e. The molecule has 92 valence electrons. The fraction of sp³-hybridized carbons (Fsp3) is 0.727. The first-order valence-corrected chi connectivity index (χ1v) is 9.43. The Morgan fingerprint density at radius 1 is 1.44 bits per heavy atom. The lowest BCUT2D eigenvalue weighted by atomic mass is 10.2. The Balaban J connectivity index is 2.57. The van der Waals surface area contributed by atoms with Crippen LogP contribution in [0.2, 0.25) is 18.1 Å². The fourth-order valence-corrected chi connectivity index (χ4v) is 2.16. The molecule has 0 N–H and O–H groups in total. The Morgan fingerprint density at radius 3 is 2.50 bits per heavy atom. The number of halogens is 1. The van der Waals surface area contributed by atoms with Crippen LogP contribution >= 0.6 is 15.9 Å². The molecule has 1 aromatic rings. The van der Waals surface area contributed by atoms with Crippen LogP contribution in [-0.4, -0.2) is 13.5 Å². The van der Waals surface area contributed by atoms with Crippen molar-refractivity contribution in [3.8, 4) is 0 Å². The summed E-state index contributed by atoms with van der Waals surface area (Å²) >= 11 is 3.34. The van der Waals surface area contributed by atoms with E-state index in [0.29, 0.717) is 6.61 Å². The molecule has 0 unspecified atom stereocenters. The minimum atomic E-state index is -1.69. The summed E-state index contributed by atoms with van der Waals surface area (Å²) in [6, 6.07) is 1.93. The predicted octanol–water partition coefficient (Wildman–Crippen LogP) is 4.09. The Morgan fingerprint density at radius 2 is 2.06 bits per heavy atom. The molecule has 1 heterocycles. The van der Waals surface area contributed by atoms with Crippen molar-refractivity contribution in [2.24, 2.45) is 0 Å². The van der Waals surface area contributed by atoms with Crippen LogP contribution in [0.15, 0.2) is 10.6 Å². The van der Waals surface area contributed by atoms with Gasteiger partial charge in [0.2, 0.25) is 0 Å². The van der Waals surface area contributed by atoms with Gasteiger partial charge in [0.05, 0.1) is 12.3 Å². The van der Waals surface area contributed by atoms with Gasteiger partial charge in [-0.3, -0.25) is 0 Å². The number of alkyl halides is 1. The molecule has 0 aliphatic heterocycles. The summed E-state index contributed by atoms with van der Waals surface area (Å²) in [6.07, 6.45) is 0. The number of hydrogen-bond acceptors (Lipinski definition) is 3. The molecule has 0 aliphatic rings. The Kier molecular flexibility index (Phi) is 4.37. The largest absolute Gasteiger partial charge is 0.409 e. The average Bonchev–Trinajstić information content (AvgIpc) is 2.60. The van der Waals surface area contributed by atoms with Crippen LogP contribution < -0.4 is 0 Å². The van der Waals surface area contributed by atoms with Crippen LogP contribution in [0.1, 0.15) is 32.2 Å². The average molecular weight is 306 g/mol. The van der Waals surface area contributed by atoms with Gasteiger partial charge in [-0.15, -0.1) is 0 Å². The molecule has 0 spiro atoms. The van der Waals surface area contributed by atoms with E-state index < -0.39 is 8.32 Å². The standard InChI is InChI=1S/C11H20BrNO2Si/c1-11(2,3)16(4,5)14-8-10-6-9(7-12)13-15-10/h6H,7-8H2,1-5H3. The first-order valence-electron chi connectivity index (χ1n) is 5.40. The molecule has 1 rings (SSSR count). The number of aromatic nitrogens is 1. The Labute approximate surface area is 107 Å². The molecule has 3 nitrogen and oxygen atoms in total. The van der Waals surface area contributed by atoms with Crippen LogP contribution in [0.3, 0.4) is 0 Å². The maximum absolute atomic E-state index is 6.03. The van der Waals surface area contributed by atoms with E-state index in [1.807, 2.05) is 6.07 Å². The van der Waals surface area contributed by atoms with Crippen LogP contribution in [0, 0.1) is 0 Å². The minimum Gasteiger partial charge on any atom is -0.409 e. The van der Waals surface area contributed by atoms with Gasteiger partial charge in [-0.05, 0) is 18.1 Å². The second-order valence-corrected chi connectivity index (χ2v) is 10.8. The van der Waals surface area contributed by atoms with Crippen molar-refractivity contribution in [2.45, 2.75) is 50.8 Å². The summed E-state index contributed by atoms with van der Waals surface area (Å²) in [5, 5.41) is 4.86. The van der Waals surface area contributed by atoms with E-state index in [0.717, 1.165) is 16.8 Å². The van der Waals surface area contributed by atoms with E-state index in [4.69, 9.17) is 8.95 Å². The second-order valence-electron chi connectivity index (χ2n) is 5.47. The number of hydrogen-bond donors (Lipinski definition) is 0. The molecule has 5 heteroatoms. The zero-order valence-corrected chi connectivity index (χ0v) is 13.2. The predicted molar refractivity (Wildman–Crippen MR) is 71.1 cm³/mol. The molecule has 0 saturated carbocycles. The monoisotopic (exact) mass is 305 g/mol. The van der Waals surface area contributed by atoms with Crippen molar-refractivity contribution < 1.29 is 8.95 Å². The summed E-state index contributed by atoms with van der Waals surface area (Å²) in [5.74, 6) is 0.805. The lowest BCUT2D eigenvalue weighted by molar-refractivity contribution is 0.229. The summed E-state index contributed by atoms with van der Waals surface area (Å²) in [4.78, 5) is 0. The fourth-order valence-electron chi connectivity index (χ4n) is 0.955. The quantitative estimate of drug-likeness (QED) is 0.621. The third kappa shape index (κ3) is 3.43. The third-order valence-electron chi connectivity index (χ3n) is 3.13. The van der Waals surface area contributed by atoms with E-state index in [9.17, 15) is 0 Å². The summed E-state index contributed by atoms with van der Waals surface area (Å²) < 4.78 is 11.2. The first kappa shape index (κ1) is 13.9. The highest BCUT2D eigenvalue weighted by Gasteiger charge is 2.37. The minimum absolute atomic E-state index is 0.227. The molecule has 16 heavy (non-hydrogen) atoms. The maximum atomic E-state index is 6.03. The summed E-state index contributed by atoms with van der Waals surface area (Å²) in [5.41, 5.74) is 0.911. The van der Waals surface area contributed by atoms with E-state index in [2.05, 4.69) is 55.0 Å². The van der Waals surface area contributed by atoms with Gasteiger partial charge in [-0.25, -0.2) is 0 Å². The number of nitrogens with zero attached hydrogens (tertiary/aromatic N) is 1. The molecular weight excluding hydrogens is 286 g/mol. The first-order chi connectivity index (χ1) is 7.26. The van der Waals surface area contributed by atoms with Gasteiger partial charge >= 0.3 is 0 Å². The highest BCUT2D eigenvalue weighted by atomic mass is 79.9. The van der Waals surface area contributed by atoms with Gasteiger partial charge in [-0.1, -0.05) is 41.9 Å². The lowest BCUT2D eigenvalue weighted by Crippen LogP contribution is -2.40. The summed E-state index contributed by atoms with van der Waals surface area (Å²) in [7, 11) is -1.69. The highest BCUT2D eigenvalue weighted by Crippen LogP contribution is 2.37. The zero-order chi connectivity index (χ0) is 12.4. The van der Waals surface area contributed by atoms with Crippen molar-refractivity contribution in [3.63, 3.8) is 0 Å². The normalized spacial score (nSPS) is 13.1. The van der Waals surface area contributed by atoms with Gasteiger partial charge in [0.15, 0.2) is 14.1 Å². The lowest BCUT2D eigenvalue weighted by Gasteiger charge is -2.35. The molecule has 0 atom stereocenters. The van der Waals surface area contributed by atoms with Crippen molar-refractivity contribution in [1.82, 2.24) is 5.16 Å². The molecule has 0 fully saturated rings. The SMILES string of the molecule is CC(C)(C)[Si](C)(C)OCc1cc(CBr)no1. The van der Waals surface area contributed by atoms with Crippen molar-refractivity contribution in [1.29, 1.82) is 0 Å². The molecule has 1 aromatic heterocycles. The van der Waals surface area contributed by atoms with Gasteiger partial charge in [0, 0.05) is 11.4 Å². The van der Waals surface area contributed by atoms with E-state index >= 15 is 0 Å². The van der Waals surface area contributed by atoms with Crippen LogP contribution in [-0.2, 0) is 16.4 Å². The van der Waals surface area contributed by atoms with Crippen LogP contribution in [0.25, 0.3) is 0 Å². The van der Waals surface area contributed by atoms with Gasteiger partial charge in [0.1, 0.15) is 0 Å². The third-order valence-corrected chi connectivity index (χ3v) is 8.18. The molecule has 0 aromatic carbocycles. The molecule has 0 aliphatic carbocycles. The van der Waals surface area contributed by atoms with Gasteiger partial charge in [0.25, 0.3) is 0 Å². The Bertz CT molecular complexity index is 344. The van der Waals surface area contributed by atoms with Crippen LogP contribution in [0.4, 0.5) is 0 Å². The van der Waals surface area contributed by atoms with Crippen molar-refractivity contribution in [2.75, 3.05) is 0 Å². The summed E-state index contributed by atoms with van der Waals surface area (Å²) in [6.45, 7) is 11.7. The highest BCUT2D eigenvalue weighted by molar-refractivity contribution is 9.08. The van der Waals surface area contributed by atoms with E-state index in [1.54, 1.807) is 0 Å². The molecule has 0 saturated heterocycles. The molecule has 0 amide bonds. The molecule has 0 radical (unpaired) electrons. The van der Waals surface area contributed by atoms with Gasteiger partial charge in [-0.2, -0.15) is 0 Å². The second kappa shape index (κ2) is 5.02. The topological polar surface area (TPSA) is 35.3 Å². The molecule has 0 bridgehead atoms. The van der Waals surface area contributed by atoms with Crippen LogP contribution in [0.5, 0.6) is 0 Å².